The Hall–Kier alpha value is -1.34. The monoisotopic (exact) mass is 306 g/mol. The maximum Gasteiger partial charge on any atom is 0.236 e. The zero-order valence-electron chi connectivity index (χ0n) is 10.1. The average Bonchev–Trinajstić information content (AvgIpc) is 2.40. The van der Waals surface area contributed by atoms with Crippen LogP contribution in [-0.4, -0.2) is 23.9 Å². The first kappa shape index (κ1) is 13.1. The number of likely N-dealkylation sites (tertiary alicyclic amines) is 1. The van der Waals surface area contributed by atoms with Gasteiger partial charge in [-0.2, -0.15) is 5.26 Å². The number of amides is 1. The summed E-state index contributed by atoms with van der Waals surface area (Å²) in [5.41, 5.74) is 1.34. The first-order valence-corrected chi connectivity index (χ1v) is 6.90. The molecule has 1 aromatic rings. The number of hydrogen-bond acceptors (Lipinski definition) is 2. The van der Waals surface area contributed by atoms with Gasteiger partial charge < -0.3 is 4.90 Å². The van der Waals surface area contributed by atoms with Crippen molar-refractivity contribution in [1.82, 2.24) is 4.90 Å². The van der Waals surface area contributed by atoms with Crippen LogP contribution in [0.2, 0.25) is 0 Å². The van der Waals surface area contributed by atoms with Crippen LogP contribution in [0.3, 0.4) is 0 Å². The molecule has 18 heavy (non-hydrogen) atoms. The molecule has 1 amide bonds. The van der Waals surface area contributed by atoms with Crippen LogP contribution >= 0.6 is 15.9 Å². The molecule has 2 rings (SSSR count). The van der Waals surface area contributed by atoms with Gasteiger partial charge in [-0.15, -0.1) is 0 Å². The Morgan fingerprint density at radius 1 is 1.33 bits per heavy atom. The number of nitriles is 1. The lowest BCUT2D eigenvalue weighted by Crippen LogP contribution is -2.37. The topological polar surface area (TPSA) is 44.1 Å². The van der Waals surface area contributed by atoms with E-state index in [0.29, 0.717) is 5.92 Å². The summed E-state index contributed by atoms with van der Waals surface area (Å²) in [5.74, 6) is 0.496. The van der Waals surface area contributed by atoms with Gasteiger partial charge in [0.2, 0.25) is 5.91 Å². The summed E-state index contributed by atoms with van der Waals surface area (Å²) in [7, 11) is 0. The van der Waals surface area contributed by atoms with E-state index >= 15 is 0 Å². The Morgan fingerprint density at radius 3 is 2.50 bits per heavy atom. The van der Waals surface area contributed by atoms with E-state index in [-0.39, 0.29) is 12.3 Å². The third kappa shape index (κ3) is 3.11. The maximum absolute atomic E-state index is 11.6. The Bertz CT molecular complexity index is 456. The number of carbonyl (C=O) groups excluding carboxylic acids is 1. The summed E-state index contributed by atoms with van der Waals surface area (Å²) in [6.07, 6.45) is 1.97. The molecule has 0 atom stereocenters. The maximum atomic E-state index is 11.6. The van der Waals surface area contributed by atoms with Gasteiger partial charge in [-0.05, 0) is 36.5 Å². The van der Waals surface area contributed by atoms with E-state index in [1.54, 1.807) is 4.90 Å². The molecule has 0 saturated carbocycles. The van der Waals surface area contributed by atoms with Crippen LogP contribution in [-0.2, 0) is 4.79 Å². The lowest BCUT2D eigenvalue weighted by atomic mass is 9.89. The molecule has 1 fully saturated rings. The van der Waals surface area contributed by atoms with Crippen molar-refractivity contribution in [3.05, 3.63) is 34.3 Å². The average molecular weight is 307 g/mol. The third-order valence-electron chi connectivity index (χ3n) is 3.42. The molecule has 0 N–H and O–H groups in total. The van der Waals surface area contributed by atoms with Gasteiger partial charge in [-0.25, -0.2) is 0 Å². The molecule has 0 spiro atoms. The second-order valence-corrected chi connectivity index (χ2v) is 5.46. The summed E-state index contributed by atoms with van der Waals surface area (Å²) in [5, 5.41) is 8.52. The van der Waals surface area contributed by atoms with Crippen molar-refractivity contribution in [2.75, 3.05) is 13.1 Å². The van der Waals surface area contributed by atoms with E-state index in [1.807, 2.05) is 6.07 Å². The highest BCUT2D eigenvalue weighted by Crippen LogP contribution is 2.28. The fourth-order valence-corrected chi connectivity index (χ4v) is 2.64. The molecule has 1 saturated heterocycles. The molecular formula is C14H15BrN2O. The van der Waals surface area contributed by atoms with E-state index in [9.17, 15) is 4.79 Å². The molecule has 0 unspecified atom stereocenters. The largest absolute Gasteiger partial charge is 0.342 e. The van der Waals surface area contributed by atoms with E-state index in [1.165, 1.54) is 5.56 Å². The van der Waals surface area contributed by atoms with Crippen LogP contribution in [0, 0.1) is 11.3 Å². The van der Waals surface area contributed by atoms with E-state index in [4.69, 9.17) is 5.26 Å². The number of benzene rings is 1. The van der Waals surface area contributed by atoms with E-state index in [0.717, 1.165) is 30.4 Å². The molecule has 0 aliphatic carbocycles. The molecule has 1 aliphatic rings. The van der Waals surface area contributed by atoms with Gasteiger partial charge >= 0.3 is 0 Å². The van der Waals surface area contributed by atoms with Gasteiger partial charge in [-0.3, -0.25) is 4.79 Å². The SMILES string of the molecule is N#CCC(=O)N1CCC(c2ccc(Br)cc2)CC1. The number of carbonyl (C=O) groups is 1. The molecule has 1 aliphatic heterocycles. The van der Waals surface area contributed by atoms with Crippen molar-refractivity contribution in [1.29, 1.82) is 5.26 Å². The number of nitrogens with zero attached hydrogens (tertiary/aromatic N) is 2. The lowest BCUT2D eigenvalue weighted by molar-refractivity contribution is -0.131. The van der Waals surface area contributed by atoms with Crippen molar-refractivity contribution >= 4 is 21.8 Å². The molecule has 0 radical (unpaired) electrons. The highest BCUT2D eigenvalue weighted by atomic mass is 79.9. The zero-order chi connectivity index (χ0) is 13.0. The molecule has 1 aromatic carbocycles. The third-order valence-corrected chi connectivity index (χ3v) is 3.95. The summed E-state index contributed by atoms with van der Waals surface area (Å²) in [6, 6.07) is 10.3. The highest BCUT2D eigenvalue weighted by Gasteiger charge is 2.23. The zero-order valence-corrected chi connectivity index (χ0v) is 11.7. The first-order valence-electron chi connectivity index (χ1n) is 6.11. The normalized spacial score (nSPS) is 16.3. The van der Waals surface area contributed by atoms with Crippen molar-refractivity contribution in [2.24, 2.45) is 0 Å². The molecule has 3 nitrogen and oxygen atoms in total. The summed E-state index contributed by atoms with van der Waals surface area (Å²) in [4.78, 5) is 13.4. The fraction of sp³-hybridized carbons (Fsp3) is 0.429. The Morgan fingerprint density at radius 2 is 1.94 bits per heavy atom. The van der Waals surface area contributed by atoms with Crippen molar-refractivity contribution in [3.63, 3.8) is 0 Å². The minimum atomic E-state index is -0.0354. The number of piperidine rings is 1. The molecular weight excluding hydrogens is 292 g/mol. The predicted molar refractivity (Wildman–Crippen MR) is 72.9 cm³/mol. The van der Waals surface area contributed by atoms with Crippen LogP contribution in [0.4, 0.5) is 0 Å². The van der Waals surface area contributed by atoms with Gasteiger partial charge in [-0.1, -0.05) is 28.1 Å². The first-order chi connectivity index (χ1) is 8.70. The summed E-state index contributed by atoms with van der Waals surface area (Å²) >= 11 is 3.43. The lowest BCUT2D eigenvalue weighted by Gasteiger charge is -2.31. The molecule has 0 bridgehead atoms. The van der Waals surface area contributed by atoms with Crippen LogP contribution in [0.15, 0.2) is 28.7 Å². The quantitative estimate of drug-likeness (QED) is 0.843. The van der Waals surface area contributed by atoms with Gasteiger partial charge in [0.25, 0.3) is 0 Å². The summed E-state index contributed by atoms with van der Waals surface area (Å²) < 4.78 is 1.09. The minimum absolute atomic E-state index is 0.00293. The Balaban J connectivity index is 1.92. The number of rotatable bonds is 2. The minimum Gasteiger partial charge on any atom is -0.342 e. The van der Waals surface area contributed by atoms with Gasteiger partial charge in [0.1, 0.15) is 6.42 Å². The predicted octanol–water partition coefficient (Wildman–Crippen LogP) is 3.07. The van der Waals surface area contributed by atoms with Crippen LogP contribution < -0.4 is 0 Å². The van der Waals surface area contributed by atoms with Gasteiger partial charge in [0.15, 0.2) is 0 Å². The second-order valence-electron chi connectivity index (χ2n) is 4.54. The fourth-order valence-electron chi connectivity index (χ4n) is 2.38. The Labute approximate surface area is 116 Å². The number of halogens is 1. The van der Waals surface area contributed by atoms with Crippen molar-refractivity contribution in [2.45, 2.75) is 25.2 Å². The smallest absolute Gasteiger partial charge is 0.236 e. The Kier molecular flexibility index (Phi) is 4.38. The van der Waals surface area contributed by atoms with Crippen LogP contribution in [0.1, 0.15) is 30.7 Å². The van der Waals surface area contributed by atoms with E-state index in [2.05, 4.69) is 40.2 Å². The van der Waals surface area contributed by atoms with Crippen molar-refractivity contribution in [3.8, 4) is 6.07 Å². The highest BCUT2D eigenvalue weighted by molar-refractivity contribution is 9.10. The number of hydrogen-bond donors (Lipinski definition) is 0. The van der Waals surface area contributed by atoms with Gasteiger partial charge in [0.05, 0.1) is 6.07 Å². The van der Waals surface area contributed by atoms with Gasteiger partial charge in [0, 0.05) is 17.6 Å². The van der Waals surface area contributed by atoms with Crippen LogP contribution in [0.5, 0.6) is 0 Å². The second kappa shape index (κ2) is 6.01. The summed E-state index contributed by atoms with van der Waals surface area (Å²) in [6.45, 7) is 1.53. The molecule has 0 aromatic heterocycles. The standard InChI is InChI=1S/C14H15BrN2O/c15-13-3-1-11(2-4-13)12-6-9-17(10-7-12)14(18)5-8-16/h1-4,12H,5-7,9-10H2. The van der Waals surface area contributed by atoms with E-state index < -0.39 is 0 Å². The molecule has 4 heteroatoms. The molecule has 94 valence electrons. The van der Waals surface area contributed by atoms with Crippen molar-refractivity contribution < 1.29 is 4.79 Å². The molecule has 1 heterocycles. The van der Waals surface area contributed by atoms with Crippen LogP contribution in [0.25, 0.3) is 0 Å².